The predicted octanol–water partition coefficient (Wildman–Crippen LogP) is 1.84. The number of carboxylic acids is 1. The Bertz CT molecular complexity index is 539. The maximum atomic E-state index is 12.6. The second kappa shape index (κ2) is 4.92. The lowest BCUT2D eigenvalue weighted by atomic mass is 9.84. The molecule has 2 aliphatic rings. The second-order valence-electron chi connectivity index (χ2n) is 5.75. The number of likely N-dealkylation sites (tertiary alicyclic amines) is 1. The van der Waals surface area contributed by atoms with Gasteiger partial charge in [-0.3, -0.25) is 4.79 Å². The zero-order chi connectivity index (χ0) is 14.3. The van der Waals surface area contributed by atoms with Crippen molar-refractivity contribution in [3.8, 4) is 0 Å². The monoisotopic (exact) mass is 278 g/mol. The van der Waals surface area contributed by atoms with Crippen LogP contribution in [0.15, 0.2) is 10.6 Å². The van der Waals surface area contributed by atoms with Crippen LogP contribution in [0.4, 0.5) is 0 Å². The van der Waals surface area contributed by atoms with Crippen molar-refractivity contribution in [2.45, 2.75) is 51.1 Å². The van der Waals surface area contributed by atoms with Gasteiger partial charge in [-0.1, -0.05) is 18.0 Å². The molecule has 3 atom stereocenters. The van der Waals surface area contributed by atoms with Crippen molar-refractivity contribution in [1.29, 1.82) is 0 Å². The Hall–Kier alpha value is -1.85. The van der Waals surface area contributed by atoms with Gasteiger partial charge in [0.25, 0.3) is 5.91 Å². The molecule has 0 unspecified atom stereocenters. The molecular weight excluding hydrogens is 260 g/mol. The van der Waals surface area contributed by atoms with E-state index < -0.39 is 12.0 Å². The number of aliphatic carboxylic acids is 1. The Morgan fingerprint density at radius 1 is 1.40 bits per heavy atom. The van der Waals surface area contributed by atoms with Gasteiger partial charge in [0.15, 0.2) is 0 Å². The normalized spacial score (nSPS) is 29.2. The number of nitrogens with zero attached hydrogens (tertiary/aromatic N) is 2. The molecule has 108 valence electrons. The summed E-state index contributed by atoms with van der Waals surface area (Å²) in [4.78, 5) is 25.5. The summed E-state index contributed by atoms with van der Waals surface area (Å²) in [6, 6.07) is 0.862. The molecule has 2 heterocycles. The smallest absolute Gasteiger partial charge is 0.326 e. The highest BCUT2D eigenvalue weighted by atomic mass is 16.5. The zero-order valence-electron chi connectivity index (χ0n) is 11.4. The molecule has 1 amide bonds. The molecule has 6 heteroatoms. The number of aromatic nitrogens is 1. The Morgan fingerprint density at radius 2 is 2.15 bits per heavy atom. The van der Waals surface area contributed by atoms with Gasteiger partial charge in [-0.25, -0.2) is 4.79 Å². The quantitative estimate of drug-likeness (QED) is 0.892. The summed E-state index contributed by atoms with van der Waals surface area (Å²) in [6.45, 7) is 1.74. The van der Waals surface area contributed by atoms with Crippen LogP contribution in [-0.2, 0) is 4.79 Å². The van der Waals surface area contributed by atoms with Gasteiger partial charge >= 0.3 is 5.97 Å². The van der Waals surface area contributed by atoms with E-state index in [4.69, 9.17) is 4.52 Å². The van der Waals surface area contributed by atoms with Crippen LogP contribution in [0, 0.1) is 12.8 Å². The number of hydrogen-bond acceptors (Lipinski definition) is 4. The van der Waals surface area contributed by atoms with Crippen molar-refractivity contribution >= 4 is 11.9 Å². The van der Waals surface area contributed by atoms with E-state index in [1.807, 2.05) is 0 Å². The lowest BCUT2D eigenvalue weighted by Gasteiger charge is -2.32. The Morgan fingerprint density at radius 3 is 2.80 bits per heavy atom. The molecule has 20 heavy (non-hydrogen) atoms. The van der Waals surface area contributed by atoms with Gasteiger partial charge in [-0.15, -0.1) is 0 Å². The molecule has 1 N–H and O–H groups in total. The van der Waals surface area contributed by atoms with E-state index in [9.17, 15) is 14.7 Å². The number of fused-ring (bicyclic) bond motifs is 1. The Kier molecular flexibility index (Phi) is 3.23. The molecule has 3 rings (SSSR count). The van der Waals surface area contributed by atoms with Gasteiger partial charge in [-0.2, -0.15) is 0 Å². The predicted molar refractivity (Wildman–Crippen MR) is 69.2 cm³/mol. The summed E-state index contributed by atoms with van der Waals surface area (Å²) in [5, 5.41) is 13.1. The SMILES string of the molecule is Cc1cc(C(=O)N2[C@@H]3CCCC[C@H]3C[C@H]2C(=O)O)on1. The number of hydrogen-bond donors (Lipinski definition) is 1. The standard InChI is InChI=1S/C14H18N2O4/c1-8-6-12(20-15-8)13(17)16-10-5-3-2-4-9(10)7-11(16)14(18)19/h6,9-11H,2-5,7H2,1H3,(H,18,19)/t9-,10+,11-/m0/s1. The van der Waals surface area contributed by atoms with Gasteiger partial charge in [0.1, 0.15) is 6.04 Å². The van der Waals surface area contributed by atoms with Crippen LogP contribution in [0.5, 0.6) is 0 Å². The molecule has 1 aromatic rings. The molecule has 0 aromatic carbocycles. The lowest BCUT2D eigenvalue weighted by molar-refractivity contribution is -0.141. The Balaban J connectivity index is 1.90. The van der Waals surface area contributed by atoms with Crippen LogP contribution in [0.2, 0.25) is 0 Å². The maximum Gasteiger partial charge on any atom is 0.326 e. The van der Waals surface area contributed by atoms with E-state index in [1.165, 1.54) is 4.90 Å². The minimum absolute atomic E-state index is 0.0303. The van der Waals surface area contributed by atoms with Crippen LogP contribution < -0.4 is 0 Å². The van der Waals surface area contributed by atoms with E-state index in [0.29, 0.717) is 18.0 Å². The third-order valence-electron chi connectivity index (χ3n) is 4.45. The van der Waals surface area contributed by atoms with Crippen molar-refractivity contribution in [2.24, 2.45) is 5.92 Å². The van der Waals surface area contributed by atoms with Crippen LogP contribution in [0.3, 0.4) is 0 Å². The number of carbonyl (C=O) groups is 2. The van der Waals surface area contributed by atoms with Crippen LogP contribution in [0.1, 0.15) is 48.4 Å². The summed E-state index contributed by atoms with van der Waals surface area (Å²) in [5.74, 6) is -0.825. The fourth-order valence-electron chi connectivity index (χ4n) is 3.56. The van der Waals surface area contributed by atoms with Crippen LogP contribution in [0.25, 0.3) is 0 Å². The molecule has 1 aliphatic carbocycles. The number of carbonyl (C=O) groups excluding carboxylic acids is 1. The van der Waals surface area contributed by atoms with Gasteiger partial charge in [0, 0.05) is 12.1 Å². The van der Waals surface area contributed by atoms with E-state index in [0.717, 1.165) is 25.7 Å². The molecule has 1 saturated heterocycles. The molecule has 0 radical (unpaired) electrons. The number of amides is 1. The number of rotatable bonds is 2. The fourth-order valence-corrected chi connectivity index (χ4v) is 3.56. The van der Waals surface area contributed by atoms with E-state index >= 15 is 0 Å². The third kappa shape index (κ3) is 2.09. The molecule has 6 nitrogen and oxygen atoms in total. The van der Waals surface area contributed by atoms with E-state index in [1.54, 1.807) is 13.0 Å². The molecule has 1 saturated carbocycles. The fraction of sp³-hybridized carbons (Fsp3) is 0.643. The molecular formula is C14H18N2O4. The second-order valence-corrected chi connectivity index (χ2v) is 5.75. The van der Waals surface area contributed by atoms with Crippen molar-refractivity contribution < 1.29 is 19.2 Å². The first kappa shape index (κ1) is 13.1. The molecule has 0 spiro atoms. The first-order valence-corrected chi connectivity index (χ1v) is 7.06. The van der Waals surface area contributed by atoms with Crippen molar-refractivity contribution in [3.63, 3.8) is 0 Å². The molecule has 1 aliphatic heterocycles. The largest absolute Gasteiger partial charge is 0.480 e. The van der Waals surface area contributed by atoms with Crippen molar-refractivity contribution in [3.05, 3.63) is 17.5 Å². The number of carboxylic acid groups (broad SMARTS) is 1. The first-order chi connectivity index (χ1) is 9.58. The molecule has 2 fully saturated rings. The van der Waals surface area contributed by atoms with Gasteiger partial charge in [0.05, 0.1) is 5.69 Å². The number of aryl methyl sites for hydroxylation is 1. The molecule has 1 aromatic heterocycles. The van der Waals surface area contributed by atoms with Gasteiger partial charge < -0.3 is 14.5 Å². The summed E-state index contributed by atoms with van der Waals surface area (Å²) < 4.78 is 5.01. The average molecular weight is 278 g/mol. The van der Waals surface area contributed by atoms with Crippen LogP contribution in [-0.4, -0.2) is 39.1 Å². The topological polar surface area (TPSA) is 83.6 Å². The molecule has 0 bridgehead atoms. The van der Waals surface area contributed by atoms with Crippen LogP contribution >= 0.6 is 0 Å². The minimum Gasteiger partial charge on any atom is -0.480 e. The minimum atomic E-state index is -0.927. The average Bonchev–Trinajstić information content (AvgIpc) is 3.01. The third-order valence-corrected chi connectivity index (χ3v) is 4.45. The van der Waals surface area contributed by atoms with Crippen molar-refractivity contribution in [1.82, 2.24) is 10.1 Å². The Labute approximate surface area is 116 Å². The summed E-state index contributed by atoms with van der Waals surface area (Å²) in [5.41, 5.74) is 0.625. The first-order valence-electron chi connectivity index (χ1n) is 7.06. The highest BCUT2D eigenvalue weighted by molar-refractivity contribution is 5.95. The highest BCUT2D eigenvalue weighted by Crippen LogP contribution is 2.40. The summed E-state index contributed by atoms with van der Waals surface area (Å²) >= 11 is 0. The van der Waals surface area contributed by atoms with Crippen molar-refractivity contribution in [2.75, 3.05) is 0 Å². The van der Waals surface area contributed by atoms with E-state index in [2.05, 4.69) is 5.16 Å². The van der Waals surface area contributed by atoms with Gasteiger partial charge in [0.2, 0.25) is 5.76 Å². The van der Waals surface area contributed by atoms with Gasteiger partial charge in [-0.05, 0) is 32.1 Å². The summed E-state index contributed by atoms with van der Waals surface area (Å²) in [6.07, 6.45) is 4.61. The lowest BCUT2D eigenvalue weighted by Crippen LogP contribution is -2.46. The summed E-state index contributed by atoms with van der Waals surface area (Å²) in [7, 11) is 0. The highest BCUT2D eigenvalue weighted by Gasteiger charge is 2.48. The zero-order valence-corrected chi connectivity index (χ0v) is 11.4. The van der Waals surface area contributed by atoms with E-state index in [-0.39, 0.29) is 17.7 Å². The maximum absolute atomic E-state index is 12.6.